The van der Waals surface area contributed by atoms with Crippen LogP contribution in [0.25, 0.3) is 0 Å². The summed E-state index contributed by atoms with van der Waals surface area (Å²) in [7, 11) is 0. The highest BCUT2D eigenvalue weighted by Crippen LogP contribution is 2.52. The number of hydrogen-bond donors (Lipinski definition) is 1. The molecule has 1 saturated heterocycles. The van der Waals surface area contributed by atoms with Crippen molar-refractivity contribution in [3.8, 4) is 0 Å². The fraction of sp³-hybridized carbons (Fsp3) is 0.571. The number of rotatable bonds is 4. The molecule has 0 radical (unpaired) electrons. The van der Waals surface area contributed by atoms with Crippen molar-refractivity contribution >= 4 is 17.8 Å². The van der Waals surface area contributed by atoms with Crippen molar-refractivity contribution in [3.63, 3.8) is 0 Å². The Kier molecular flexibility index (Phi) is 5.17. The second kappa shape index (κ2) is 7.07. The highest BCUT2D eigenvalue weighted by Gasteiger charge is 2.61. The monoisotopic (exact) mass is 408 g/mol. The van der Waals surface area contributed by atoms with Crippen molar-refractivity contribution in [2.75, 3.05) is 13.1 Å². The Morgan fingerprint density at radius 3 is 2.21 bits per heavy atom. The first-order chi connectivity index (χ1) is 13.3. The molecule has 1 heterocycles. The molecule has 8 heteroatoms. The summed E-state index contributed by atoms with van der Waals surface area (Å²) in [5, 5.41) is 2.66. The van der Waals surface area contributed by atoms with Crippen LogP contribution in [0.3, 0.4) is 0 Å². The van der Waals surface area contributed by atoms with Crippen molar-refractivity contribution in [2.24, 2.45) is 17.8 Å². The van der Waals surface area contributed by atoms with Gasteiger partial charge in [-0.2, -0.15) is 0 Å². The molecule has 1 aliphatic heterocycles. The number of ether oxygens (including phenoxy) is 1. The van der Waals surface area contributed by atoms with Gasteiger partial charge >= 0.3 is 6.09 Å². The van der Waals surface area contributed by atoms with Crippen molar-refractivity contribution in [1.82, 2.24) is 10.2 Å². The number of hydrogen-bond acceptors (Lipinski definition) is 4. The molecule has 2 atom stereocenters. The van der Waals surface area contributed by atoms with Gasteiger partial charge in [0.25, 0.3) is 0 Å². The highest BCUT2D eigenvalue weighted by atomic mass is 19.2. The lowest BCUT2D eigenvalue weighted by atomic mass is 9.92. The molecule has 2 fully saturated rings. The minimum atomic E-state index is -1.40. The van der Waals surface area contributed by atoms with Crippen LogP contribution in [0.15, 0.2) is 18.2 Å². The van der Waals surface area contributed by atoms with Crippen molar-refractivity contribution < 1.29 is 27.9 Å². The summed E-state index contributed by atoms with van der Waals surface area (Å²) in [6.07, 6.45) is -0.402. The maximum Gasteiger partial charge on any atom is 0.410 e. The van der Waals surface area contributed by atoms with E-state index >= 15 is 0 Å². The van der Waals surface area contributed by atoms with Gasteiger partial charge in [-0.3, -0.25) is 9.59 Å². The van der Waals surface area contributed by atoms with Gasteiger partial charge in [0, 0.05) is 19.0 Å². The maximum atomic E-state index is 14.0. The van der Waals surface area contributed by atoms with E-state index in [1.54, 1.807) is 25.7 Å². The third-order valence-electron chi connectivity index (χ3n) is 5.35. The lowest BCUT2D eigenvalue weighted by Gasteiger charge is -2.27. The molecule has 2 aliphatic rings. The predicted molar refractivity (Wildman–Crippen MR) is 101 cm³/mol. The molecule has 2 unspecified atom stereocenters. The molecule has 3 rings (SSSR count). The molecular formula is C21H26F2N2O4. The highest BCUT2D eigenvalue weighted by molar-refractivity contribution is 6.05. The van der Waals surface area contributed by atoms with Gasteiger partial charge in [-0.25, -0.2) is 13.6 Å². The molecule has 158 valence electrons. The van der Waals surface area contributed by atoms with Gasteiger partial charge in [-0.1, -0.05) is 6.07 Å². The van der Waals surface area contributed by atoms with Crippen LogP contribution in [0, 0.1) is 29.4 Å². The summed E-state index contributed by atoms with van der Waals surface area (Å²) in [4.78, 5) is 39.0. The lowest BCUT2D eigenvalue weighted by molar-refractivity contribution is -0.124. The SMILES string of the molecule is CC(C)(C)OC(=O)N1CC2C(C1)C2C(=O)NC(C)(C)C(=O)c1cccc(F)c1F. The number of nitrogens with one attached hydrogen (secondary N) is 1. The number of carbonyl (C=O) groups excluding carboxylic acids is 3. The predicted octanol–water partition coefficient (Wildman–Crippen LogP) is 3.16. The Morgan fingerprint density at radius 2 is 1.66 bits per heavy atom. The second-order valence-corrected chi connectivity index (χ2v) is 9.28. The Hall–Kier alpha value is -2.51. The number of fused-ring (bicyclic) bond motifs is 1. The zero-order valence-corrected chi connectivity index (χ0v) is 17.2. The molecule has 2 amide bonds. The Balaban J connectivity index is 1.59. The summed E-state index contributed by atoms with van der Waals surface area (Å²) >= 11 is 0. The number of amides is 2. The second-order valence-electron chi connectivity index (χ2n) is 9.28. The van der Waals surface area contributed by atoms with Gasteiger partial charge in [0.05, 0.1) is 11.1 Å². The largest absolute Gasteiger partial charge is 0.444 e. The number of benzene rings is 1. The zero-order chi connectivity index (χ0) is 21.7. The van der Waals surface area contributed by atoms with E-state index in [9.17, 15) is 23.2 Å². The smallest absolute Gasteiger partial charge is 0.410 e. The minimum Gasteiger partial charge on any atom is -0.444 e. The van der Waals surface area contributed by atoms with E-state index in [2.05, 4.69) is 5.32 Å². The van der Waals surface area contributed by atoms with Crippen LogP contribution in [0.2, 0.25) is 0 Å². The van der Waals surface area contributed by atoms with Crippen LogP contribution < -0.4 is 5.32 Å². The normalized spacial score (nSPS) is 23.4. The summed E-state index contributed by atoms with van der Waals surface area (Å²) in [6.45, 7) is 9.13. The molecule has 0 aromatic heterocycles. The number of halogens is 2. The average molecular weight is 408 g/mol. The number of piperidine rings is 1. The molecule has 1 aromatic carbocycles. The number of nitrogens with zero attached hydrogens (tertiary/aromatic N) is 1. The molecule has 1 saturated carbocycles. The van der Waals surface area contributed by atoms with Gasteiger partial charge < -0.3 is 15.0 Å². The van der Waals surface area contributed by atoms with Gasteiger partial charge in [0.15, 0.2) is 17.4 Å². The van der Waals surface area contributed by atoms with Crippen molar-refractivity contribution in [2.45, 2.75) is 45.8 Å². The number of ketones is 1. The van der Waals surface area contributed by atoms with E-state index in [1.165, 1.54) is 26.0 Å². The molecule has 6 nitrogen and oxygen atoms in total. The first kappa shape index (κ1) is 21.2. The summed E-state index contributed by atoms with van der Waals surface area (Å²) in [5.41, 5.74) is -2.38. The molecule has 0 spiro atoms. The van der Waals surface area contributed by atoms with E-state index in [0.717, 1.165) is 6.07 Å². The van der Waals surface area contributed by atoms with Crippen molar-refractivity contribution in [1.29, 1.82) is 0 Å². The minimum absolute atomic E-state index is 0.0133. The maximum absolute atomic E-state index is 14.0. The van der Waals surface area contributed by atoms with Crippen LogP contribution in [-0.4, -0.2) is 46.9 Å². The van der Waals surface area contributed by atoms with E-state index in [0.29, 0.717) is 13.1 Å². The van der Waals surface area contributed by atoms with E-state index in [-0.39, 0.29) is 23.7 Å². The lowest BCUT2D eigenvalue weighted by Crippen LogP contribution is -2.51. The summed E-state index contributed by atoms with van der Waals surface area (Å²) in [6, 6.07) is 3.37. The third-order valence-corrected chi connectivity index (χ3v) is 5.35. The van der Waals surface area contributed by atoms with Gasteiger partial charge in [0.2, 0.25) is 5.91 Å². The molecule has 0 bridgehead atoms. The summed E-state index contributed by atoms with van der Waals surface area (Å²) < 4.78 is 32.7. The Bertz CT molecular complexity index is 851. The topological polar surface area (TPSA) is 75.7 Å². The van der Waals surface area contributed by atoms with Crippen molar-refractivity contribution in [3.05, 3.63) is 35.4 Å². The standard InChI is InChI=1S/C21H26F2N2O4/c1-20(2,3)29-19(28)25-9-12-13(10-25)15(12)18(27)24-21(4,5)17(26)11-7-6-8-14(22)16(11)23/h6-8,12-13,15H,9-10H2,1-5H3,(H,24,27). The Labute approximate surface area is 168 Å². The molecule has 1 aliphatic carbocycles. The number of Topliss-reactive ketones (excluding diaryl/α,β-unsaturated/α-hetero) is 1. The molecule has 1 N–H and O–H groups in total. The van der Waals surface area contributed by atoms with Crippen LogP contribution in [0.5, 0.6) is 0 Å². The zero-order valence-electron chi connectivity index (χ0n) is 17.2. The summed E-state index contributed by atoms with van der Waals surface area (Å²) in [5.74, 6) is -3.65. The van der Waals surface area contributed by atoms with E-state index in [1.807, 2.05) is 0 Å². The van der Waals surface area contributed by atoms with E-state index < -0.39 is 40.2 Å². The van der Waals surface area contributed by atoms with Gasteiger partial charge in [-0.15, -0.1) is 0 Å². The third kappa shape index (κ3) is 4.26. The van der Waals surface area contributed by atoms with Gasteiger partial charge in [0.1, 0.15) is 5.60 Å². The van der Waals surface area contributed by atoms with Gasteiger partial charge in [-0.05, 0) is 58.6 Å². The first-order valence-corrected chi connectivity index (χ1v) is 9.60. The fourth-order valence-corrected chi connectivity index (χ4v) is 3.85. The quantitative estimate of drug-likeness (QED) is 0.777. The van der Waals surface area contributed by atoms with Crippen LogP contribution in [-0.2, 0) is 9.53 Å². The number of likely N-dealkylation sites (tertiary alicyclic amines) is 1. The van der Waals surface area contributed by atoms with Crippen LogP contribution in [0.1, 0.15) is 45.0 Å². The van der Waals surface area contributed by atoms with Crippen LogP contribution in [0.4, 0.5) is 13.6 Å². The molecule has 1 aromatic rings. The van der Waals surface area contributed by atoms with Crippen LogP contribution >= 0.6 is 0 Å². The fourth-order valence-electron chi connectivity index (χ4n) is 3.85. The van der Waals surface area contributed by atoms with E-state index in [4.69, 9.17) is 4.74 Å². The number of carbonyl (C=O) groups is 3. The average Bonchev–Trinajstić information content (AvgIpc) is 3.09. The molecular weight excluding hydrogens is 382 g/mol. The Morgan fingerprint density at radius 1 is 1.07 bits per heavy atom. The molecule has 29 heavy (non-hydrogen) atoms. The first-order valence-electron chi connectivity index (χ1n) is 9.60.